The van der Waals surface area contributed by atoms with Gasteiger partial charge >= 0.3 is 5.97 Å². The molecule has 0 atom stereocenters. The molecule has 0 amide bonds. The molecule has 35 heavy (non-hydrogen) atoms. The quantitative estimate of drug-likeness (QED) is 0.286. The van der Waals surface area contributed by atoms with Crippen LogP contribution in [0.4, 0.5) is 0 Å². The Bertz CT molecular complexity index is 1390. The molecule has 0 saturated heterocycles. The number of unbranched alkanes of at least 4 members (excludes halogenated alkanes) is 2. The Labute approximate surface area is 204 Å². The van der Waals surface area contributed by atoms with Crippen molar-refractivity contribution in [3.8, 4) is 11.5 Å². The lowest BCUT2D eigenvalue weighted by molar-refractivity contribution is -0.137. The van der Waals surface area contributed by atoms with Crippen molar-refractivity contribution in [1.82, 2.24) is 4.57 Å². The predicted molar refractivity (Wildman–Crippen MR) is 136 cm³/mol. The molecule has 0 fully saturated rings. The lowest BCUT2D eigenvalue weighted by atomic mass is 9.90. The van der Waals surface area contributed by atoms with Gasteiger partial charge in [-0.2, -0.15) is 0 Å². The van der Waals surface area contributed by atoms with Crippen molar-refractivity contribution in [1.29, 1.82) is 0 Å². The number of carboxylic acid groups (broad SMARTS) is 1. The van der Waals surface area contributed by atoms with Crippen molar-refractivity contribution in [3.63, 3.8) is 0 Å². The van der Waals surface area contributed by atoms with E-state index in [-0.39, 0.29) is 12.3 Å². The summed E-state index contributed by atoms with van der Waals surface area (Å²) in [5.74, 6) is 0.942. The van der Waals surface area contributed by atoms with Gasteiger partial charge in [0.2, 0.25) is 0 Å². The first-order valence-electron chi connectivity index (χ1n) is 12.2. The molecule has 180 valence electrons. The second-order valence-corrected chi connectivity index (χ2v) is 9.03. The summed E-state index contributed by atoms with van der Waals surface area (Å²) < 4.78 is 13.7. The number of aromatic nitrogens is 1. The number of aryl methyl sites for hydroxylation is 1. The van der Waals surface area contributed by atoms with Crippen LogP contribution in [0, 0.1) is 0 Å². The van der Waals surface area contributed by atoms with Crippen LogP contribution in [0.1, 0.15) is 48.0 Å². The highest BCUT2D eigenvalue weighted by Gasteiger charge is 2.17. The molecule has 0 aliphatic heterocycles. The maximum absolute atomic E-state index is 11.9. The van der Waals surface area contributed by atoms with Crippen molar-refractivity contribution in [2.24, 2.45) is 0 Å². The second kappa shape index (κ2) is 10.2. The smallest absolute Gasteiger partial charge is 0.323 e. The Morgan fingerprint density at radius 3 is 2.34 bits per heavy atom. The fraction of sp³-hybridized carbons (Fsp3) is 0.310. The van der Waals surface area contributed by atoms with Crippen LogP contribution in [0.3, 0.4) is 0 Å². The number of aliphatic carboxylic acids is 1. The maximum atomic E-state index is 11.9. The molecule has 0 saturated carbocycles. The number of hydrogen-bond acceptors (Lipinski definition) is 4. The summed E-state index contributed by atoms with van der Waals surface area (Å²) in [6.45, 7) is 1.13. The van der Waals surface area contributed by atoms with E-state index in [1.54, 1.807) is 0 Å². The van der Waals surface area contributed by atoms with Crippen LogP contribution in [0.25, 0.3) is 21.8 Å². The molecule has 4 aromatic rings. The van der Waals surface area contributed by atoms with Gasteiger partial charge in [-0.05, 0) is 74.1 Å². The second-order valence-electron chi connectivity index (χ2n) is 9.03. The molecule has 1 N–H and O–H groups in total. The van der Waals surface area contributed by atoms with Gasteiger partial charge in [0.05, 0.1) is 18.7 Å². The van der Waals surface area contributed by atoms with Crippen LogP contribution in [-0.2, 0) is 17.8 Å². The molecule has 0 unspecified atom stereocenters. The zero-order valence-electron chi connectivity index (χ0n) is 19.7. The van der Waals surface area contributed by atoms with Crippen molar-refractivity contribution in [2.75, 3.05) is 13.2 Å². The third-order valence-electron chi connectivity index (χ3n) is 6.59. The zero-order chi connectivity index (χ0) is 24.2. The number of benzene rings is 3. The largest absolute Gasteiger partial charge is 0.494 e. The number of hydrogen-bond donors (Lipinski definition) is 1. The van der Waals surface area contributed by atoms with Crippen LogP contribution in [0.2, 0.25) is 0 Å². The predicted octanol–water partition coefficient (Wildman–Crippen LogP) is 6.03. The van der Waals surface area contributed by atoms with E-state index in [1.807, 2.05) is 65.2 Å². The van der Waals surface area contributed by atoms with E-state index in [1.165, 1.54) is 0 Å². The number of fused-ring (bicyclic) bond motifs is 4. The fourth-order valence-electron chi connectivity index (χ4n) is 4.90. The highest BCUT2D eigenvalue weighted by Crippen LogP contribution is 2.31. The summed E-state index contributed by atoms with van der Waals surface area (Å²) in [6, 6.07) is 19.5. The Kier molecular flexibility index (Phi) is 6.70. The van der Waals surface area contributed by atoms with Crippen LogP contribution in [0.5, 0.6) is 11.5 Å². The van der Waals surface area contributed by atoms with Gasteiger partial charge in [-0.1, -0.05) is 18.2 Å². The Morgan fingerprint density at radius 2 is 1.54 bits per heavy atom. The normalized spacial score (nSPS) is 13.2. The number of nitrogens with zero attached hydrogens (tertiary/aromatic N) is 1. The minimum Gasteiger partial charge on any atom is -0.494 e. The van der Waals surface area contributed by atoms with Gasteiger partial charge in [-0.3, -0.25) is 9.59 Å². The number of rotatable bonds is 10. The summed E-state index contributed by atoms with van der Waals surface area (Å²) in [7, 11) is 0. The first kappa shape index (κ1) is 23.0. The summed E-state index contributed by atoms with van der Waals surface area (Å²) in [5.41, 5.74) is 3.73. The average molecular weight is 472 g/mol. The summed E-state index contributed by atoms with van der Waals surface area (Å²) >= 11 is 0. The fourth-order valence-corrected chi connectivity index (χ4v) is 4.90. The lowest BCUT2D eigenvalue weighted by Gasteiger charge is -2.16. The van der Waals surface area contributed by atoms with Gasteiger partial charge in [0.25, 0.3) is 0 Å². The zero-order valence-corrected chi connectivity index (χ0v) is 19.7. The molecule has 6 heteroatoms. The number of carbonyl (C=O) groups excluding carboxylic acids is 1. The average Bonchev–Trinajstić information content (AvgIpc) is 3.16. The number of carbonyl (C=O) groups is 2. The molecule has 1 aliphatic rings. The number of Topliss-reactive ketones (excluding diaryl/α,β-unsaturated/α-hetero) is 1. The third-order valence-corrected chi connectivity index (χ3v) is 6.59. The topological polar surface area (TPSA) is 77.8 Å². The van der Waals surface area contributed by atoms with Crippen LogP contribution < -0.4 is 9.47 Å². The molecule has 1 heterocycles. The number of para-hydroxylation sites is 1. The van der Waals surface area contributed by atoms with Gasteiger partial charge in [0.1, 0.15) is 18.0 Å². The molecule has 5 rings (SSSR count). The van der Waals surface area contributed by atoms with E-state index in [0.29, 0.717) is 19.6 Å². The molecule has 0 spiro atoms. The van der Waals surface area contributed by atoms with Gasteiger partial charge in [-0.15, -0.1) is 0 Å². The minimum atomic E-state index is -0.870. The van der Waals surface area contributed by atoms with E-state index in [2.05, 4.69) is 0 Å². The molecule has 0 radical (unpaired) electrons. The van der Waals surface area contributed by atoms with Crippen molar-refractivity contribution in [2.45, 2.75) is 45.1 Å². The number of carboxylic acids is 1. The SMILES string of the molecule is O=C(O)Cn1c2ccccc2c2ccc(OCCCCCOc3ccc4c(c3)CCCC4=O)cc21. The van der Waals surface area contributed by atoms with Crippen LogP contribution in [0.15, 0.2) is 60.7 Å². The third kappa shape index (κ3) is 5.02. The molecule has 6 nitrogen and oxygen atoms in total. The summed E-state index contributed by atoms with van der Waals surface area (Å²) in [5, 5.41) is 11.4. The van der Waals surface area contributed by atoms with Crippen LogP contribution >= 0.6 is 0 Å². The Morgan fingerprint density at radius 1 is 0.829 bits per heavy atom. The van der Waals surface area contributed by atoms with E-state index < -0.39 is 5.97 Å². The molecule has 1 aliphatic carbocycles. The van der Waals surface area contributed by atoms with Crippen LogP contribution in [-0.4, -0.2) is 34.6 Å². The minimum absolute atomic E-state index is 0.0893. The van der Waals surface area contributed by atoms with E-state index in [9.17, 15) is 14.7 Å². The number of ketones is 1. The van der Waals surface area contributed by atoms with E-state index >= 15 is 0 Å². The van der Waals surface area contributed by atoms with Gasteiger partial charge in [0, 0.05) is 34.3 Å². The van der Waals surface area contributed by atoms with Gasteiger partial charge in [-0.25, -0.2) is 0 Å². The first-order valence-corrected chi connectivity index (χ1v) is 12.2. The number of ether oxygens (including phenoxy) is 2. The highest BCUT2D eigenvalue weighted by molar-refractivity contribution is 6.08. The first-order chi connectivity index (χ1) is 17.1. The van der Waals surface area contributed by atoms with Gasteiger partial charge < -0.3 is 19.1 Å². The Hall–Kier alpha value is -3.80. The monoisotopic (exact) mass is 471 g/mol. The lowest BCUT2D eigenvalue weighted by Crippen LogP contribution is -2.10. The molecular formula is C29H29NO5. The molecule has 0 bridgehead atoms. The summed E-state index contributed by atoms with van der Waals surface area (Å²) in [4.78, 5) is 23.4. The van der Waals surface area contributed by atoms with Gasteiger partial charge in [0.15, 0.2) is 5.78 Å². The van der Waals surface area contributed by atoms with Crippen molar-refractivity contribution >= 4 is 33.6 Å². The molecule has 1 aromatic heterocycles. The van der Waals surface area contributed by atoms with E-state index in [4.69, 9.17) is 9.47 Å². The maximum Gasteiger partial charge on any atom is 0.323 e. The van der Waals surface area contributed by atoms with Crippen molar-refractivity contribution in [3.05, 3.63) is 71.8 Å². The van der Waals surface area contributed by atoms with Crippen molar-refractivity contribution < 1.29 is 24.2 Å². The van der Waals surface area contributed by atoms with E-state index in [0.717, 1.165) is 76.5 Å². The standard InChI is InChI=1S/C29H29NO5/c31-28-10-6-7-20-17-21(11-13-23(20)28)34-15-4-1-5-16-35-22-12-14-25-24-8-2-3-9-26(24)30(19-29(32)33)27(25)18-22/h2-3,8-9,11-14,17-18H,1,4-7,10,15-16,19H2,(H,32,33). The Balaban J connectivity index is 1.12. The molecular weight excluding hydrogens is 442 g/mol. The molecule has 3 aromatic carbocycles. The summed E-state index contributed by atoms with van der Waals surface area (Å²) in [6.07, 6.45) is 5.31. The highest BCUT2D eigenvalue weighted by atomic mass is 16.5.